The minimum Gasteiger partial charge on any atom is -1.00 e. The van der Waals surface area contributed by atoms with Crippen LogP contribution in [0, 0.1) is 5.92 Å². The van der Waals surface area contributed by atoms with Crippen LogP contribution in [0.5, 0.6) is 0 Å². The van der Waals surface area contributed by atoms with E-state index in [1.165, 1.54) is 5.57 Å². The number of allylic oxidation sites excluding steroid dienone is 1. The monoisotopic (exact) mass is 591 g/mol. The molecule has 0 aromatic rings. The Bertz CT molecular complexity index is 676. The lowest BCUT2D eigenvalue weighted by Gasteiger charge is -2.47. The van der Waals surface area contributed by atoms with Crippen LogP contribution in [0.25, 0.3) is 0 Å². The van der Waals surface area contributed by atoms with Crippen LogP contribution in [0.15, 0.2) is 11.6 Å². The minimum atomic E-state index is -0.996. The second-order valence-corrected chi connectivity index (χ2v) is 11.4. The molecule has 0 radical (unpaired) electrons. The quantitative estimate of drug-likeness (QED) is 0.129. The van der Waals surface area contributed by atoms with Gasteiger partial charge in [-0.2, -0.15) is 0 Å². The molecule has 0 aromatic carbocycles. The van der Waals surface area contributed by atoms with Crippen LogP contribution in [0.2, 0.25) is 0 Å². The van der Waals surface area contributed by atoms with Gasteiger partial charge in [0, 0.05) is 7.11 Å². The van der Waals surface area contributed by atoms with Crippen LogP contribution in [0.3, 0.4) is 0 Å². The molecular formula is C21H35ClINO6S. The van der Waals surface area contributed by atoms with E-state index >= 15 is 0 Å². The Labute approximate surface area is 210 Å². The van der Waals surface area contributed by atoms with Gasteiger partial charge >= 0.3 is 6.09 Å². The smallest absolute Gasteiger partial charge is 0.414 e. The molecule has 2 rings (SSSR count). The van der Waals surface area contributed by atoms with E-state index in [1.54, 1.807) is 7.11 Å². The summed E-state index contributed by atoms with van der Waals surface area (Å²) < 4.78 is 17.4. The third-order valence-corrected chi connectivity index (χ3v) is 7.22. The first kappa shape index (κ1) is 29.0. The third kappa shape index (κ3) is 7.20. The number of aliphatic hydroxyl groups is 1. The fourth-order valence-electron chi connectivity index (χ4n) is 4.65. The highest BCUT2D eigenvalue weighted by Gasteiger charge is 2.68. The molecule has 2 fully saturated rings. The van der Waals surface area contributed by atoms with Crippen molar-refractivity contribution in [2.75, 3.05) is 31.3 Å². The normalized spacial score (nSPS) is 34.5. The summed E-state index contributed by atoms with van der Waals surface area (Å²) in [5.41, 5.74) is -0.379. The lowest BCUT2D eigenvalue weighted by molar-refractivity contribution is -0.170. The summed E-state index contributed by atoms with van der Waals surface area (Å²) in [4.78, 5) is 23.5. The standard InChI is InChI=1S/C21H34ClNO6S.HI/c1-13(2)7-8-15-20(3,29-15)18-17(27-4)14(28-19(25)23-16(24)11-22)9-10-21(18,26)12-30(5)6;/h7,14-15,17-18,26H,8-12H2,1-6H3;1H/t14-,15-,17-,18-,20+,21+;/m1./s1. The number of alkyl halides is 1. The molecule has 1 saturated heterocycles. The minimum absolute atomic E-state index is 0. The van der Waals surface area contributed by atoms with Gasteiger partial charge < -0.3 is 43.3 Å². The SMILES string of the molecule is CO[C@@H]1[C@H](OC(=O)NC(=O)CCl)CC[C@](O)(C[S+](C)C)[C@H]1[C@@]1(C)O[C@@H]1CC=C(C)C.[I-]. The first-order valence-corrected chi connectivity index (χ1v) is 12.9. The van der Waals surface area contributed by atoms with E-state index in [9.17, 15) is 14.7 Å². The van der Waals surface area contributed by atoms with Crippen molar-refractivity contribution in [1.82, 2.24) is 5.32 Å². The van der Waals surface area contributed by atoms with Crippen LogP contribution in [-0.2, 0) is 29.9 Å². The number of rotatable bonds is 8. The van der Waals surface area contributed by atoms with Gasteiger partial charge in [-0.25, -0.2) is 4.79 Å². The zero-order valence-electron chi connectivity index (χ0n) is 19.1. The van der Waals surface area contributed by atoms with E-state index in [4.69, 9.17) is 25.8 Å². The summed E-state index contributed by atoms with van der Waals surface area (Å²) in [5, 5.41) is 13.8. The van der Waals surface area contributed by atoms with Crippen molar-refractivity contribution in [3.63, 3.8) is 0 Å². The Morgan fingerprint density at radius 3 is 2.52 bits per heavy atom. The van der Waals surface area contributed by atoms with Crippen LogP contribution in [0.4, 0.5) is 4.79 Å². The van der Waals surface area contributed by atoms with E-state index in [0.717, 1.165) is 6.42 Å². The van der Waals surface area contributed by atoms with Gasteiger partial charge in [0.05, 0.1) is 24.5 Å². The van der Waals surface area contributed by atoms with Crippen molar-refractivity contribution in [2.45, 2.75) is 69.5 Å². The van der Waals surface area contributed by atoms with Gasteiger partial charge in [0.25, 0.3) is 0 Å². The van der Waals surface area contributed by atoms with Crippen molar-refractivity contribution in [1.29, 1.82) is 0 Å². The fraction of sp³-hybridized carbons (Fsp3) is 0.810. The number of halogens is 2. The van der Waals surface area contributed by atoms with E-state index in [0.29, 0.717) is 18.6 Å². The van der Waals surface area contributed by atoms with Crippen LogP contribution >= 0.6 is 11.6 Å². The number of nitrogens with one attached hydrogen (secondary N) is 1. The zero-order chi connectivity index (χ0) is 22.7. The predicted molar refractivity (Wildman–Crippen MR) is 119 cm³/mol. The Kier molecular flexibility index (Phi) is 11.1. The molecular weight excluding hydrogens is 557 g/mol. The number of alkyl carbamates (subject to hydrolysis) is 1. The Balaban J connectivity index is 0.00000480. The zero-order valence-corrected chi connectivity index (χ0v) is 22.8. The van der Waals surface area contributed by atoms with E-state index in [1.807, 2.05) is 20.8 Å². The number of carbonyl (C=O) groups excluding carboxylic acids is 2. The van der Waals surface area contributed by atoms with E-state index in [2.05, 4.69) is 23.9 Å². The van der Waals surface area contributed by atoms with Crippen LogP contribution in [0.1, 0.15) is 40.0 Å². The van der Waals surface area contributed by atoms with Gasteiger partial charge in [-0.3, -0.25) is 10.1 Å². The van der Waals surface area contributed by atoms with E-state index in [-0.39, 0.29) is 52.8 Å². The van der Waals surface area contributed by atoms with Gasteiger partial charge in [0.2, 0.25) is 5.91 Å². The van der Waals surface area contributed by atoms with Crippen molar-refractivity contribution in [3.8, 4) is 0 Å². The molecule has 6 atom stereocenters. The molecule has 0 aromatic heterocycles. The number of epoxide rings is 1. The molecule has 7 nitrogen and oxygen atoms in total. The number of methoxy groups -OCH3 is 1. The van der Waals surface area contributed by atoms with Crippen LogP contribution in [-0.4, -0.2) is 77.9 Å². The van der Waals surface area contributed by atoms with Gasteiger partial charge in [0.15, 0.2) is 0 Å². The Morgan fingerprint density at radius 2 is 2.00 bits per heavy atom. The Morgan fingerprint density at radius 1 is 1.35 bits per heavy atom. The van der Waals surface area contributed by atoms with Gasteiger partial charge in [-0.15, -0.1) is 11.6 Å². The summed E-state index contributed by atoms with van der Waals surface area (Å²) in [6.45, 7) is 6.08. The van der Waals surface area contributed by atoms with Crippen LogP contribution < -0.4 is 29.3 Å². The van der Waals surface area contributed by atoms with Gasteiger partial charge in [-0.05, 0) is 50.9 Å². The molecule has 2 amide bonds. The summed E-state index contributed by atoms with van der Waals surface area (Å²) in [6, 6.07) is 0. The number of carbonyl (C=O) groups is 2. The fourth-order valence-corrected chi connectivity index (χ4v) is 6.04. The number of hydrogen-bond donors (Lipinski definition) is 2. The molecule has 10 heteroatoms. The second-order valence-electron chi connectivity index (χ2n) is 8.88. The van der Waals surface area contributed by atoms with Crippen molar-refractivity contribution in [2.24, 2.45) is 5.92 Å². The van der Waals surface area contributed by atoms with Gasteiger partial charge in [-0.1, -0.05) is 11.6 Å². The molecule has 2 aliphatic rings. The Hall–Kier alpha value is -0.0700. The number of ether oxygens (including phenoxy) is 3. The largest absolute Gasteiger partial charge is 1.00 e. The first-order chi connectivity index (χ1) is 14.0. The molecule has 1 saturated carbocycles. The summed E-state index contributed by atoms with van der Waals surface area (Å²) in [7, 11) is 1.55. The van der Waals surface area contributed by atoms with Crippen molar-refractivity contribution in [3.05, 3.63) is 11.6 Å². The predicted octanol–water partition coefficient (Wildman–Crippen LogP) is -0.602. The molecule has 31 heavy (non-hydrogen) atoms. The summed E-state index contributed by atoms with van der Waals surface area (Å²) >= 11 is 5.44. The van der Waals surface area contributed by atoms with Crippen molar-refractivity contribution < 1.29 is 52.9 Å². The van der Waals surface area contributed by atoms with Crippen molar-refractivity contribution >= 4 is 34.5 Å². The maximum Gasteiger partial charge on any atom is 0.414 e. The molecule has 180 valence electrons. The average molecular weight is 592 g/mol. The first-order valence-electron chi connectivity index (χ1n) is 10.1. The van der Waals surface area contributed by atoms with E-state index < -0.39 is 35.4 Å². The number of imide groups is 1. The molecule has 1 aliphatic heterocycles. The highest BCUT2D eigenvalue weighted by atomic mass is 127. The molecule has 1 heterocycles. The molecule has 2 N–H and O–H groups in total. The molecule has 1 aliphatic carbocycles. The maximum absolute atomic E-state index is 12.1. The average Bonchev–Trinajstić information content (AvgIpc) is 3.30. The second kappa shape index (κ2) is 11.9. The number of amides is 2. The third-order valence-electron chi connectivity index (χ3n) is 5.90. The lowest BCUT2D eigenvalue weighted by Crippen LogP contribution is -3.00. The lowest BCUT2D eigenvalue weighted by atomic mass is 9.66. The maximum atomic E-state index is 12.1. The molecule has 0 unspecified atom stereocenters. The molecule has 0 bridgehead atoms. The molecule has 0 spiro atoms. The van der Waals surface area contributed by atoms with Gasteiger partial charge in [0.1, 0.15) is 35.0 Å². The summed E-state index contributed by atoms with van der Waals surface area (Å²) in [5.74, 6) is -0.714. The highest BCUT2D eigenvalue weighted by Crippen LogP contribution is 2.55. The summed E-state index contributed by atoms with van der Waals surface area (Å²) in [6.07, 6.45) is 5.90. The topological polar surface area (TPSA) is 97.4 Å². The highest BCUT2D eigenvalue weighted by molar-refractivity contribution is 7.95. The number of hydrogen-bond acceptors (Lipinski definition) is 6.